The fourth-order valence-electron chi connectivity index (χ4n) is 8.13. The van der Waals surface area contributed by atoms with E-state index in [-0.39, 0.29) is 0 Å². The van der Waals surface area contributed by atoms with Crippen molar-refractivity contribution in [1.29, 1.82) is 5.41 Å². The highest BCUT2D eigenvalue weighted by Gasteiger charge is 2.24. The van der Waals surface area contributed by atoms with E-state index in [0.717, 1.165) is 101 Å². The number of nitrogens with zero attached hydrogens (tertiary/aromatic N) is 1. The fourth-order valence-corrected chi connectivity index (χ4v) is 8.13. The van der Waals surface area contributed by atoms with Gasteiger partial charge >= 0.3 is 0 Å². The molecule has 0 bridgehead atoms. The van der Waals surface area contributed by atoms with Crippen LogP contribution in [-0.4, -0.2) is 10.7 Å². The van der Waals surface area contributed by atoms with Gasteiger partial charge in [0, 0.05) is 33.5 Å². The third kappa shape index (κ3) is 7.76. The van der Waals surface area contributed by atoms with E-state index in [1.165, 1.54) is 0 Å². The van der Waals surface area contributed by atoms with E-state index in [2.05, 4.69) is 175 Å². The summed E-state index contributed by atoms with van der Waals surface area (Å²) in [6.45, 7) is 0. The Morgan fingerprint density at radius 2 is 0.770 bits per heavy atom. The molecule has 0 fully saturated rings. The smallest absolute Gasteiger partial charge is 0.0715 e. The second-order valence-electron chi connectivity index (χ2n) is 15.2. The van der Waals surface area contributed by atoms with Crippen molar-refractivity contribution in [3.8, 4) is 55.9 Å². The molecular weight excluding hydrogens is 739 g/mol. The Morgan fingerprint density at radius 3 is 1.28 bits per heavy atom. The van der Waals surface area contributed by atoms with Gasteiger partial charge in [-0.25, -0.2) is 4.98 Å². The number of fused-ring (bicyclic) bond motifs is 1. The lowest BCUT2D eigenvalue weighted by Gasteiger charge is -2.27. The average Bonchev–Trinajstić information content (AvgIpc) is 3.35. The summed E-state index contributed by atoms with van der Waals surface area (Å²) in [5, 5.41) is 13.4. The summed E-state index contributed by atoms with van der Waals surface area (Å²) in [5.74, 6) is 0. The molecule has 0 radical (unpaired) electrons. The molecule has 0 atom stereocenters. The normalized spacial score (nSPS) is 12.8. The van der Waals surface area contributed by atoms with Gasteiger partial charge in [-0.3, -0.25) is 5.41 Å². The topological polar surface area (TPSA) is 48.8 Å². The third-order valence-corrected chi connectivity index (χ3v) is 11.3. The number of hydrogen-bond acceptors (Lipinski definition) is 3. The summed E-state index contributed by atoms with van der Waals surface area (Å²) in [7, 11) is 0. The van der Waals surface area contributed by atoms with Crippen LogP contribution in [0, 0.1) is 5.41 Å². The largest absolute Gasteiger partial charge is 0.354 e. The maximum Gasteiger partial charge on any atom is 0.0715 e. The number of nitrogens with one attached hydrogen (secondary N) is 2. The third-order valence-electron chi connectivity index (χ3n) is 11.3. The van der Waals surface area contributed by atoms with Crippen molar-refractivity contribution in [1.82, 2.24) is 10.3 Å². The molecule has 0 aliphatic carbocycles. The lowest BCUT2D eigenvalue weighted by Crippen LogP contribution is -2.20. The van der Waals surface area contributed by atoms with Gasteiger partial charge in [0.05, 0.1) is 22.8 Å². The second-order valence-corrected chi connectivity index (χ2v) is 15.2. The molecule has 3 heteroatoms. The summed E-state index contributed by atoms with van der Waals surface area (Å²) in [6, 6.07) is 80.2. The van der Waals surface area contributed by atoms with Crippen molar-refractivity contribution in [3.05, 3.63) is 258 Å². The van der Waals surface area contributed by atoms with Gasteiger partial charge in [0.1, 0.15) is 0 Å². The van der Waals surface area contributed by atoms with Gasteiger partial charge in [0.25, 0.3) is 0 Å². The van der Waals surface area contributed by atoms with E-state index in [0.29, 0.717) is 5.71 Å². The Kier molecular flexibility index (Phi) is 10.1. The number of aromatic nitrogens is 1. The first-order valence-electron chi connectivity index (χ1n) is 20.6. The summed E-state index contributed by atoms with van der Waals surface area (Å²) in [4.78, 5) is 5.07. The van der Waals surface area contributed by atoms with Crippen molar-refractivity contribution in [3.63, 3.8) is 0 Å². The minimum Gasteiger partial charge on any atom is -0.354 e. The molecule has 0 amide bonds. The van der Waals surface area contributed by atoms with Gasteiger partial charge in [0.15, 0.2) is 0 Å². The van der Waals surface area contributed by atoms with E-state index < -0.39 is 0 Å². The van der Waals surface area contributed by atoms with Crippen LogP contribution in [0.2, 0.25) is 0 Å². The zero-order valence-corrected chi connectivity index (χ0v) is 33.5. The predicted molar refractivity (Wildman–Crippen MR) is 255 cm³/mol. The Morgan fingerprint density at radius 1 is 0.361 bits per heavy atom. The van der Waals surface area contributed by atoms with Gasteiger partial charge in [-0.1, -0.05) is 212 Å². The molecule has 1 aromatic heterocycles. The van der Waals surface area contributed by atoms with Gasteiger partial charge in [0.2, 0.25) is 0 Å². The molecular formula is C58H41N3. The molecule has 1 aliphatic rings. The highest BCUT2D eigenvalue weighted by molar-refractivity contribution is 6.36. The SMILES string of the molecule is N=C(/C(=C1\NC(c2ccccc2)=Cc2ccc(-c3ccc(-c4ccc(-c5cc(-c6ccccc6)nc(-c6ccccc6)c5)cc4)cc3)cc21)c1ccccc1)c1ccccc1. The van der Waals surface area contributed by atoms with Gasteiger partial charge < -0.3 is 5.32 Å². The van der Waals surface area contributed by atoms with Crippen LogP contribution in [0.3, 0.4) is 0 Å². The van der Waals surface area contributed by atoms with Crippen molar-refractivity contribution < 1.29 is 0 Å². The van der Waals surface area contributed by atoms with Crippen LogP contribution in [0.5, 0.6) is 0 Å². The minimum absolute atomic E-state index is 0.465. The molecule has 9 aromatic rings. The van der Waals surface area contributed by atoms with Crippen molar-refractivity contribution in [2.75, 3.05) is 0 Å². The molecule has 0 saturated heterocycles. The van der Waals surface area contributed by atoms with Crippen molar-refractivity contribution in [2.45, 2.75) is 0 Å². The number of rotatable bonds is 9. The van der Waals surface area contributed by atoms with Crippen molar-refractivity contribution >= 4 is 28.8 Å². The standard InChI is InChI=1S/C58H41N3/c59-57(48-24-14-5-15-25-48)56(47-22-12-4-13-23-47)58-52-36-49(34-35-50(52)37-55(61-58)46-20-10-3-11-21-46)42-30-26-40(27-31-42)41-28-32-43(33-29-41)51-38-53(44-16-6-1-7-17-44)60-54(39-51)45-18-8-2-9-19-45/h1-39,59,61H/b58-56-,59-57?. The van der Waals surface area contributed by atoms with Gasteiger partial charge in [-0.15, -0.1) is 0 Å². The lowest BCUT2D eigenvalue weighted by molar-refractivity contribution is 1.22. The Hall–Kier alpha value is -8.14. The lowest BCUT2D eigenvalue weighted by atomic mass is 9.86. The minimum atomic E-state index is 0.465. The van der Waals surface area contributed by atoms with Gasteiger partial charge in [-0.05, 0) is 74.3 Å². The Balaban J connectivity index is 1.00. The molecule has 1 aliphatic heterocycles. The zero-order chi connectivity index (χ0) is 41.0. The molecule has 288 valence electrons. The van der Waals surface area contributed by atoms with E-state index in [1.807, 2.05) is 66.7 Å². The maximum absolute atomic E-state index is 9.63. The van der Waals surface area contributed by atoms with Crippen LogP contribution in [0.15, 0.2) is 231 Å². The van der Waals surface area contributed by atoms with Crippen LogP contribution in [0.4, 0.5) is 0 Å². The van der Waals surface area contributed by atoms with E-state index >= 15 is 0 Å². The molecule has 61 heavy (non-hydrogen) atoms. The first-order valence-corrected chi connectivity index (χ1v) is 20.6. The van der Waals surface area contributed by atoms with E-state index in [9.17, 15) is 5.41 Å². The van der Waals surface area contributed by atoms with Crippen LogP contribution in [-0.2, 0) is 0 Å². The van der Waals surface area contributed by atoms with Crippen LogP contribution in [0.1, 0.15) is 27.8 Å². The fraction of sp³-hybridized carbons (Fsp3) is 0. The van der Waals surface area contributed by atoms with E-state index in [1.54, 1.807) is 0 Å². The Bertz CT molecular complexity index is 2990. The highest BCUT2D eigenvalue weighted by atomic mass is 14.9. The average molecular weight is 780 g/mol. The number of hydrogen-bond donors (Lipinski definition) is 2. The monoisotopic (exact) mass is 779 g/mol. The predicted octanol–water partition coefficient (Wildman–Crippen LogP) is 14.5. The molecule has 2 heterocycles. The first kappa shape index (κ1) is 37.2. The Labute approximate surface area is 357 Å². The first-order chi connectivity index (χ1) is 30.1. The molecule has 8 aromatic carbocycles. The summed E-state index contributed by atoms with van der Waals surface area (Å²) in [6.07, 6.45) is 2.22. The second kappa shape index (κ2) is 16.6. The summed E-state index contributed by atoms with van der Waals surface area (Å²) >= 11 is 0. The highest BCUT2D eigenvalue weighted by Crippen LogP contribution is 2.39. The van der Waals surface area contributed by atoms with E-state index in [4.69, 9.17) is 4.98 Å². The summed E-state index contributed by atoms with van der Waals surface area (Å²) < 4.78 is 0. The quantitative estimate of drug-likeness (QED) is 0.143. The number of pyridine rings is 1. The number of benzene rings is 8. The maximum atomic E-state index is 9.63. The summed E-state index contributed by atoms with van der Waals surface area (Å²) in [5.41, 5.74) is 19.2. The molecule has 2 N–H and O–H groups in total. The van der Waals surface area contributed by atoms with Gasteiger partial charge in [-0.2, -0.15) is 0 Å². The van der Waals surface area contributed by atoms with Crippen LogP contribution >= 0.6 is 0 Å². The molecule has 0 unspecified atom stereocenters. The molecule has 3 nitrogen and oxygen atoms in total. The molecule has 0 saturated carbocycles. The van der Waals surface area contributed by atoms with Crippen LogP contribution in [0.25, 0.3) is 78.9 Å². The van der Waals surface area contributed by atoms with Crippen LogP contribution < -0.4 is 5.32 Å². The zero-order valence-electron chi connectivity index (χ0n) is 33.5. The molecule has 10 rings (SSSR count). The van der Waals surface area contributed by atoms with Crippen molar-refractivity contribution in [2.24, 2.45) is 0 Å². The number of allylic oxidation sites excluding steroid dienone is 1. The molecule has 0 spiro atoms.